The minimum absolute atomic E-state index is 0.321. The monoisotopic (exact) mass is 372 g/mol. The molecule has 0 aromatic rings. The van der Waals surface area contributed by atoms with Gasteiger partial charge >= 0.3 is 0 Å². The van der Waals surface area contributed by atoms with Crippen molar-refractivity contribution in [3.8, 4) is 0 Å². The molecule has 144 valence electrons. The molecule has 2 nitrogen and oxygen atoms in total. The first-order valence-corrected chi connectivity index (χ1v) is 15.8. The van der Waals surface area contributed by atoms with Crippen molar-refractivity contribution in [1.82, 2.24) is 0 Å². The Labute approximate surface area is 154 Å². The summed E-state index contributed by atoms with van der Waals surface area (Å²) in [6, 6.07) is 0. The third kappa shape index (κ3) is 6.26. The maximum Gasteiger partial charge on any atom is 0.191 e. The summed E-state index contributed by atoms with van der Waals surface area (Å²) in [6.07, 6.45) is 5.28. The lowest BCUT2D eigenvalue weighted by Gasteiger charge is -2.39. The van der Waals surface area contributed by atoms with E-state index in [9.17, 15) is 0 Å². The van der Waals surface area contributed by atoms with E-state index in [2.05, 4.69) is 67.7 Å². The Morgan fingerprint density at radius 1 is 0.625 bits per heavy atom. The second-order valence-electron chi connectivity index (χ2n) is 11.0. The van der Waals surface area contributed by atoms with Gasteiger partial charge in [0.15, 0.2) is 16.6 Å². The molecule has 0 heterocycles. The van der Waals surface area contributed by atoms with E-state index in [-0.39, 0.29) is 0 Å². The average Bonchev–Trinajstić information content (AvgIpc) is 2.41. The van der Waals surface area contributed by atoms with Gasteiger partial charge in [0, 0.05) is 13.2 Å². The Bertz CT molecular complexity index is 345. The fourth-order valence-corrected chi connectivity index (χ4v) is 4.82. The number of rotatable bonds is 6. The van der Waals surface area contributed by atoms with E-state index >= 15 is 0 Å². The van der Waals surface area contributed by atoms with Crippen LogP contribution in [-0.4, -0.2) is 29.8 Å². The lowest BCUT2D eigenvalue weighted by molar-refractivity contribution is 0.136. The van der Waals surface area contributed by atoms with E-state index in [0.717, 1.165) is 25.0 Å². The van der Waals surface area contributed by atoms with Gasteiger partial charge in [-0.05, 0) is 73.8 Å². The Morgan fingerprint density at radius 2 is 0.875 bits per heavy atom. The molecule has 1 fully saturated rings. The van der Waals surface area contributed by atoms with Gasteiger partial charge in [0.2, 0.25) is 0 Å². The van der Waals surface area contributed by atoms with Gasteiger partial charge in [-0.3, -0.25) is 0 Å². The lowest BCUT2D eigenvalue weighted by atomic mass is 9.83. The zero-order valence-corrected chi connectivity index (χ0v) is 20.2. The van der Waals surface area contributed by atoms with Crippen LogP contribution in [0.15, 0.2) is 0 Å². The molecule has 0 atom stereocenters. The largest absolute Gasteiger partial charge is 0.417 e. The smallest absolute Gasteiger partial charge is 0.191 e. The van der Waals surface area contributed by atoms with Crippen LogP contribution in [0.3, 0.4) is 0 Å². The number of hydrogen-bond donors (Lipinski definition) is 0. The Kier molecular flexibility index (Phi) is 7.40. The topological polar surface area (TPSA) is 18.5 Å². The normalized spacial score (nSPS) is 24.2. The van der Waals surface area contributed by atoms with Crippen LogP contribution in [0.25, 0.3) is 0 Å². The maximum absolute atomic E-state index is 6.44. The van der Waals surface area contributed by atoms with Gasteiger partial charge < -0.3 is 8.85 Å². The molecular weight excluding hydrogens is 328 g/mol. The fourth-order valence-electron chi connectivity index (χ4n) is 2.65. The molecule has 0 unspecified atom stereocenters. The molecule has 0 aromatic carbocycles. The van der Waals surface area contributed by atoms with Gasteiger partial charge in [0.25, 0.3) is 0 Å². The van der Waals surface area contributed by atoms with Crippen LogP contribution in [0.4, 0.5) is 0 Å². The van der Waals surface area contributed by atoms with Gasteiger partial charge in [0.1, 0.15) is 0 Å². The molecule has 1 saturated carbocycles. The summed E-state index contributed by atoms with van der Waals surface area (Å²) in [6.45, 7) is 25.4. The van der Waals surface area contributed by atoms with Gasteiger partial charge in [-0.25, -0.2) is 0 Å². The maximum atomic E-state index is 6.44. The molecule has 0 saturated heterocycles. The molecule has 0 spiro atoms. The first kappa shape index (κ1) is 22.4. The molecule has 0 radical (unpaired) electrons. The highest BCUT2D eigenvalue weighted by Crippen LogP contribution is 2.39. The van der Waals surface area contributed by atoms with E-state index in [4.69, 9.17) is 8.85 Å². The summed E-state index contributed by atoms with van der Waals surface area (Å²) in [7, 11) is -3.17. The van der Waals surface area contributed by atoms with Crippen molar-refractivity contribution in [2.45, 2.75) is 103 Å². The fraction of sp³-hybridized carbons (Fsp3) is 1.00. The quantitative estimate of drug-likeness (QED) is 0.475. The first-order chi connectivity index (χ1) is 10.7. The zero-order chi connectivity index (χ0) is 18.8. The van der Waals surface area contributed by atoms with Crippen LogP contribution in [0, 0.1) is 11.8 Å². The van der Waals surface area contributed by atoms with Crippen LogP contribution < -0.4 is 0 Å². The first-order valence-electron chi connectivity index (χ1n) is 9.94. The average molecular weight is 373 g/mol. The summed E-state index contributed by atoms with van der Waals surface area (Å²) in [4.78, 5) is 0. The summed E-state index contributed by atoms with van der Waals surface area (Å²) in [5, 5.41) is 0.641. The second kappa shape index (κ2) is 7.93. The van der Waals surface area contributed by atoms with Crippen LogP contribution in [-0.2, 0) is 8.85 Å². The minimum Gasteiger partial charge on any atom is -0.417 e. The molecule has 24 heavy (non-hydrogen) atoms. The molecule has 0 aromatic heterocycles. The molecule has 0 amide bonds. The highest BCUT2D eigenvalue weighted by atomic mass is 28.4. The van der Waals surface area contributed by atoms with Crippen LogP contribution in [0.1, 0.15) is 67.2 Å². The van der Waals surface area contributed by atoms with Gasteiger partial charge in [-0.2, -0.15) is 0 Å². The molecular formula is C20H44O2Si2. The molecule has 1 aliphatic carbocycles. The SMILES string of the molecule is CC(C)(C)[Si](C)(C)OCC1CCC(CO[Si](C)(C)C(C)(C)C)CC1. The van der Waals surface area contributed by atoms with Gasteiger partial charge in [0.05, 0.1) is 0 Å². The minimum atomic E-state index is -1.59. The second-order valence-corrected chi connectivity index (χ2v) is 20.6. The standard InChI is InChI=1S/C20H44O2Si2/c1-19(2,3)23(7,8)21-15-17-11-13-18(14-12-17)16-22-24(9,10)20(4,5)6/h17-18H,11-16H2,1-10H3. The third-order valence-corrected chi connectivity index (χ3v) is 15.9. The van der Waals surface area contributed by atoms with Crippen molar-refractivity contribution in [3.05, 3.63) is 0 Å². The summed E-state index contributed by atoms with van der Waals surface area (Å²) in [5.41, 5.74) is 0. The Morgan fingerprint density at radius 3 is 1.08 bits per heavy atom. The summed E-state index contributed by atoms with van der Waals surface area (Å²) < 4.78 is 12.9. The van der Waals surface area contributed by atoms with E-state index in [1.165, 1.54) is 25.7 Å². The van der Waals surface area contributed by atoms with E-state index < -0.39 is 16.6 Å². The van der Waals surface area contributed by atoms with Gasteiger partial charge in [-0.15, -0.1) is 0 Å². The van der Waals surface area contributed by atoms with Crippen LogP contribution in [0.5, 0.6) is 0 Å². The van der Waals surface area contributed by atoms with Crippen molar-refractivity contribution in [1.29, 1.82) is 0 Å². The highest BCUT2D eigenvalue weighted by molar-refractivity contribution is 6.74. The highest BCUT2D eigenvalue weighted by Gasteiger charge is 2.39. The molecule has 0 bridgehead atoms. The van der Waals surface area contributed by atoms with Crippen molar-refractivity contribution in [2.75, 3.05) is 13.2 Å². The van der Waals surface area contributed by atoms with Crippen molar-refractivity contribution in [3.63, 3.8) is 0 Å². The molecule has 0 N–H and O–H groups in total. The Hall–Kier alpha value is 0.354. The number of hydrogen-bond acceptors (Lipinski definition) is 2. The van der Waals surface area contributed by atoms with Gasteiger partial charge in [-0.1, -0.05) is 41.5 Å². The predicted octanol–water partition coefficient (Wildman–Crippen LogP) is 6.84. The van der Waals surface area contributed by atoms with Crippen molar-refractivity contribution in [2.24, 2.45) is 11.8 Å². The van der Waals surface area contributed by atoms with E-state index in [1.54, 1.807) is 0 Å². The lowest BCUT2D eigenvalue weighted by Crippen LogP contribution is -2.43. The zero-order valence-electron chi connectivity index (χ0n) is 18.2. The van der Waals surface area contributed by atoms with Crippen LogP contribution >= 0.6 is 0 Å². The third-order valence-electron chi connectivity index (χ3n) is 6.94. The molecule has 4 heteroatoms. The van der Waals surface area contributed by atoms with Crippen molar-refractivity contribution >= 4 is 16.6 Å². The van der Waals surface area contributed by atoms with E-state index in [0.29, 0.717) is 10.1 Å². The van der Waals surface area contributed by atoms with E-state index in [1.807, 2.05) is 0 Å². The molecule has 1 aliphatic rings. The van der Waals surface area contributed by atoms with Crippen LogP contribution in [0.2, 0.25) is 36.3 Å². The molecule has 1 rings (SSSR count). The molecule has 0 aliphatic heterocycles. The summed E-state index contributed by atoms with van der Waals surface area (Å²) in [5.74, 6) is 1.53. The summed E-state index contributed by atoms with van der Waals surface area (Å²) >= 11 is 0. The Balaban J connectivity index is 2.35. The van der Waals surface area contributed by atoms with Crippen molar-refractivity contribution < 1.29 is 8.85 Å². The predicted molar refractivity (Wildman–Crippen MR) is 112 cm³/mol.